The van der Waals surface area contributed by atoms with Gasteiger partial charge in [-0.3, -0.25) is 9.69 Å². The van der Waals surface area contributed by atoms with Crippen LogP contribution >= 0.6 is 0 Å². The molecule has 4 nitrogen and oxygen atoms in total. The van der Waals surface area contributed by atoms with E-state index in [1.54, 1.807) is 0 Å². The third-order valence-corrected chi connectivity index (χ3v) is 3.22. The molecular weight excluding hydrogens is 250 g/mol. The normalized spacial score (nSPS) is 12.7. The zero-order valence-electron chi connectivity index (χ0n) is 12.8. The number of carbonyl (C=O) groups is 1. The van der Waals surface area contributed by atoms with Crippen molar-refractivity contribution in [2.24, 2.45) is 11.7 Å². The standard InChI is InChI=1S/C16H27N3O/c1-13(2)12-19(11-7-10-17)14(3)16(20)18-15-8-5-4-6-9-15/h4-6,8-9,13-14H,7,10-12,17H2,1-3H3,(H,18,20). The number of hydrogen-bond acceptors (Lipinski definition) is 3. The van der Waals surface area contributed by atoms with E-state index < -0.39 is 0 Å². The Hall–Kier alpha value is -1.39. The molecule has 1 unspecified atom stereocenters. The zero-order chi connectivity index (χ0) is 15.0. The summed E-state index contributed by atoms with van der Waals surface area (Å²) in [5, 5.41) is 2.96. The predicted octanol–water partition coefficient (Wildman–Crippen LogP) is 2.32. The molecule has 0 aliphatic carbocycles. The minimum Gasteiger partial charge on any atom is -0.330 e. The molecule has 1 aromatic rings. The van der Waals surface area contributed by atoms with Crippen molar-refractivity contribution in [3.05, 3.63) is 30.3 Å². The van der Waals surface area contributed by atoms with E-state index in [0.29, 0.717) is 12.5 Å². The van der Waals surface area contributed by atoms with E-state index >= 15 is 0 Å². The van der Waals surface area contributed by atoms with Gasteiger partial charge in [0, 0.05) is 18.8 Å². The quantitative estimate of drug-likeness (QED) is 0.766. The monoisotopic (exact) mass is 277 g/mol. The van der Waals surface area contributed by atoms with Gasteiger partial charge in [-0.1, -0.05) is 32.0 Å². The minimum atomic E-state index is -0.149. The Morgan fingerprint density at radius 1 is 1.25 bits per heavy atom. The SMILES string of the molecule is CC(C)CN(CCCN)C(C)C(=O)Nc1ccccc1. The molecule has 20 heavy (non-hydrogen) atoms. The number of benzene rings is 1. The molecule has 0 heterocycles. The van der Waals surface area contributed by atoms with Crippen molar-refractivity contribution >= 4 is 11.6 Å². The number of rotatable bonds is 8. The Morgan fingerprint density at radius 2 is 1.90 bits per heavy atom. The fourth-order valence-corrected chi connectivity index (χ4v) is 2.14. The Labute approximate surface area is 122 Å². The lowest BCUT2D eigenvalue weighted by atomic mass is 10.1. The summed E-state index contributed by atoms with van der Waals surface area (Å²) in [6.07, 6.45) is 0.912. The first-order valence-corrected chi connectivity index (χ1v) is 7.34. The Kier molecular flexibility index (Phi) is 7.26. The van der Waals surface area contributed by atoms with Gasteiger partial charge < -0.3 is 11.1 Å². The first kappa shape index (κ1) is 16.7. The second-order valence-electron chi connectivity index (χ2n) is 5.56. The first-order valence-electron chi connectivity index (χ1n) is 7.34. The lowest BCUT2D eigenvalue weighted by molar-refractivity contribution is -0.121. The highest BCUT2D eigenvalue weighted by Gasteiger charge is 2.21. The molecule has 0 saturated carbocycles. The van der Waals surface area contributed by atoms with Crippen molar-refractivity contribution in [2.45, 2.75) is 33.2 Å². The number of nitrogens with two attached hydrogens (primary N) is 1. The second-order valence-corrected chi connectivity index (χ2v) is 5.56. The molecule has 0 fully saturated rings. The molecule has 0 aliphatic rings. The number of anilines is 1. The average molecular weight is 277 g/mol. The molecule has 112 valence electrons. The van der Waals surface area contributed by atoms with E-state index in [4.69, 9.17) is 5.73 Å². The van der Waals surface area contributed by atoms with E-state index in [-0.39, 0.29) is 11.9 Å². The van der Waals surface area contributed by atoms with E-state index in [0.717, 1.165) is 25.2 Å². The van der Waals surface area contributed by atoms with Crippen LogP contribution in [0.4, 0.5) is 5.69 Å². The summed E-state index contributed by atoms with van der Waals surface area (Å²) in [7, 11) is 0. The maximum atomic E-state index is 12.3. The van der Waals surface area contributed by atoms with Gasteiger partial charge in [-0.2, -0.15) is 0 Å². The fraction of sp³-hybridized carbons (Fsp3) is 0.562. The molecule has 3 N–H and O–H groups in total. The molecule has 1 aromatic carbocycles. The Morgan fingerprint density at radius 3 is 2.45 bits per heavy atom. The van der Waals surface area contributed by atoms with E-state index in [1.165, 1.54) is 0 Å². The van der Waals surface area contributed by atoms with E-state index in [2.05, 4.69) is 24.1 Å². The highest BCUT2D eigenvalue weighted by Crippen LogP contribution is 2.10. The zero-order valence-corrected chi connectivity index (χ0v) is 12.8. The molecule has 0 saturated heterocycles. The van der Waals surface area contributed by atoms with Crippen molar-refractivity contribution in [3.63, 3.8) is 0 Å². The smallest absolute Gasteiger partial charge is 0.241 e. The van der Waals surface area contributed by atoms with Crippen molar-refractivity contribution in [2.75, 3.05) is 25.0 Å². The number of nitrogens with one attached hydrogen (secondary N) is 1. The van der Waals surface area contributed by atoms with Crippen LogP contribution < -0.4 is 11.1 Å². The maximum Gasteiger partial charge on any atom is 0.241 e. The molecule has 4 heteroatoms. The predicted molar refractivity (Wildman–Crippen MR) is 84.6 cm³/mol. The van der Waals surface area contributed by atoms with Crippen molar-refractivity contribution in [3.8, 4) is 0 Å². The van der Waals surface area contributed by atoms with Gasteiger partial charge in [-0.15, -0.1) is 0 Å². The molecule has 0 radical (unpaired) electrons. The third-order valence-electron chi connectivity index (χ3n) is 3.22. The summed E-state index contributed by atoms with van der Waals surface area (Å²) >= 11 is 0. The molecule has 1 amide bonds. The Bertz CT molecular complexity index is 392. The molecule has 0 spiro atoms. The van der Waals surface area contributed by atoms with E-state index in [9.17, 15) is 4.79 Å². The minimum absolute atomic E-state index is 0.0360. The van der Waals surface area contributed by atoms with Gasteiger partial charge in [0.25, 0.3) is 0 Å². The summed E-state index contributed by atoms with van der Waals surface area (Å²) < 4.78 is 0. The lowest BCUT2D eigenvalue weighted by Crippen LogP contribution is -2.44. The van der Waals surface area contributed by atoms with Gasteiger partial charge in [0.2, 0.25) is 5.91 Å². The fourth-order valence-electron chi connectivity index (χ4n) is 2.14. The summed E-state index contributed by atoms with van der Waals surface area (Å²) in [4.78, 5) is 14.5. The summed E-state index contributed by atoms with van der Waals surface area (Å²) in [5.41, 5.74) is 6.42. The van der Waals surface area contributed by atoms with Gasteiger partial charge in [0.15, 0.2) is 0 Å². The highest BCUT2D eigenvalue weighted by atomic mass is 16.2. The third kappa shape index (κ3) is 5.72. The van der Waals surface area contributed by atoms with Crippen molar-refractivity contribution in [1.29, 1.82) is 0 Å². The van der Waals surface area contributed by atoms with Crippen LogP contribution in [0.3, 0.4) is 0 Å². The summed E-state index contributed by atoms with van der Waals surface area (Å²) in [6.45, 7) is 8.70. The number of amides is 1. The van der Waals surface area contributed by atoms with Crippen LogP contribution in [0.2, 0.25) is 0 Å². The van der Waals surface area contributed by atoms with Crippen LogP contribution in [0.25, 0.3) is 0 Å². The summed E-state index contributed by atoms with van der Waals surface area (Å²) in [6, 6.07) is 9.42. The van der Waals surface area contributed by atoms with Gasteiger partial charge in [-0.25, -0.2) is 0 Å². The molecule has 1 atom stereocenters. The van der Waals surface area contributed by atoms with Crippen LogP contribution in [-0.2, 0) is 4.79 Å². The molecule has 0 aliphatic heterocycles. The van der Waals surface area contributed by atoms with Crippen molar-refractivity contribution in [1.82, 2.24) is 4.90 Å². The molecular formula is C16H27N3O. The molecule has 0 bridgehead atoms. The molecule has 0 aromatic heterocycles. The largest absolute Gasteiger partial charge is 0.330 e. The first-order chi connectivity index (χ1) is 9.54. The van der Waals surface area contributed by atoms with Gasteiger partial charge in [0.05, 0.1) is 6.04 Å². The number of carbonyl (C=O) groups excluding carboxylic acids is 1. The highest BCUT2D eigenvalue weighted by molar-refractivity contribution is 5.94. The van der Waals surface area contributed by atoms with Crippen LogP contribution in [0.5, 0.6) is 0 Å². The van der Waals surface area contributed by atoms with Crippen LogP contribution in [0, 0.1) is 5.92 Å². The lowest BCUT2D eigenvalue weighted by Gasteiger charge is -2.29. The van der Waals surface area contributed by atoms with Gasteiger partial charge in [0.1, 0.15) is 0 Å². The average Bonchev–Trinajstić information content (AvgIpc) is 2.43. The van der Waals surface area contributed by atoms with Gasteiger partial charge in [-0.05, 0) is 37.9 Å². The maximum absolute atomic E-state index is 12.3. The second kappa shape index (κ2) is 8.72. The number of para-hydroxylation sites is 1. The van der Waals surface area contributed by atoms with Crippen LogP contribution in [0.15, 0.2) is 30.3 Å². The molecule has 1 rings (SSSR count). The Balaban J connectivity index is 2.62. The number of nitrogens with zero attached hydrogens (tertiary/aromatic N) is 1. The van der Waals surface area contributed by atoms with Gasteiger partial charge >= 0.3 is 0 Å². The number of hydrogen-bond donors (Lipinski definition) is 2. The summed E-state index contributed by atoms with van der Waals surface area (Å²) in [5.74, 6) is 0.564. The van der Waals surface area contributed by atoms with Crippen LogP contribution in [-0.4, -0.2) is 36.5 Å². The van der Waals surface area contributed by atoms with E-state index in [1.807, 2.05) is 37.3 Å². The van der Waals surface area contributed by atoms with Crippen LogP contribution in [0.1, 0.15) is 27.2 Å². The topological polar surface area (TPSA) is 58.4 Å². The van der Waals surface area contributed by atoms with Crippen molar-refractivity contribution < 1.29 is 4.79 Å².